The van der Waals surface area contributed by atoms with Crippen LogP contribution in [0.1, 0.15) is 89.0 Å². The van der Waals surface area contributed by atoms with Crippen molar-refractivity contribution in [3.63, 3.8) is 0 Å². The van der Waals surface area contributed by atoms with E-state index in [1.165, 1.54) is 0 Å². The Hall–Kier alpha value is -0.330. The van der Waals surface area contributed by atoms with Crippen molar-refractivity contribution in [2.75, 3.05) is 0 Å². The number of hydrogen-bond donors (Lipinski definition) is 0. The zero-order valence-electron chi connectivity index (χ0n) is 15.9. The standard InChI is InChI=1S/C19H38O/c1-12-18(10,14(3)4)15(20)19(11,13-2)17(8,9)16(5,6)7/h14H,12-13H2,1-11H3. The van der Waals surface area contributed by atoms with E-state index in [2.05, 4.69) is 76.2 Å². The maximum absolute atomic E-state index is 13.5. The van der Waals surface area contributed by atoms with E-state index < -0.39 is 0 Å². The molecule has 0 N–H and O–H groups in total. The first-order chi connectivity index (χ1) is 8.72. The van der Waals surface area contributed by atoms with Crippen LogP contribution in [0.2, 0.25) is 0 Å². The molecule has 0 saturated carbocycles. The minimum absolute atomic E-state index is 0.0445. The average molecular weight is 283 g/mol. The first-order valence-corrected chi connectivity index (χ1v) is 8.27. The third kappa shape index (κ3) is 2.83. The molecule has 0 amide bonds. The van der Waals surface area contributed by atoms with Gasteiger partial charge in [-0.15, -0.1) is 0 Å². The lowest BCUT2D eigenvalue weighted by Gasteiger charge is -2.54. The fraction of sp³-hybridized carbons (Fsp3) is 0.947. The molecule has 0 radical (unpaired) electrons. The van der Waals surface area contributed by atoms with Gasteiger partial charge in [-0.2, -0.15) is 0 Å². The van der Waals surface area contributed by atoms with E-state index in [9.17, 15) is 4.79 Å². The summed E-state index contributed by atoms with van der Waals surface area (Å²) in [7, 11) is 0. The third-order valence-corrected chi connectivity index (χ3v) is 6.99. The van der Waals surface area contributed by atoms with Gasteiger partial charge in [-0.3, -0.25) is 4.79 Å². The number of carbonyl (C=O) groups excluding carboxylic acids is 1. The van der Waals surface area contributed by atoms with Crippen molar-refractivity contribution in [2.45, 2.75) is 89.0 Å². The Kier molecular flexibility index (Phi) is 5.72. The summed E-state index contributed by atoms with van der Waals surface area (Å²) < 4.78 is 0. The molecular formula is C19H38O. The second kappa shape index (κ2) is 5.81. The van der Waals surface area contributed by atoms with Crippen LogP contribution in [-0.2, 0) is 4.79 Å². The molecule has 1 nitrogen and oxygen atoms in total. The molecule has 0 aliphatic rings. The molecule has 0 aromatic carbocycles. The Bertz CT molecular complexity index is 345. The Morgan fingerprint density at radius 1 is 0.850 bits per heavy atom. The molecule has 0 spiro atoms. The van der Waals surface area contributed by atoms with Crippen molar-refractivity contribution in [3.8, 4) is 0 Å². The predicted molar refractivity (Wildman–Crippen MR) is 89.9 cm³/mol. The maximum atomic E-state index is 13.5. The molecule has 0 saturated heterocycles. The van der Waals surface area contributed by atoms with Gasteiger partial charge in [0.1, 0.15) is 5.78 Å². The van der Waals surface area contributed by atoms with Gasteiger partial charge < -0.3 is 0 Å². The quantitative estimate of drug-likeness (QED) is 0.574. The Labute approximate surface area is 127 Å². The fourth-order valence-electron chi connectivity index (χ4n) is 3.18. The lowest BCUT2D eigenvalue weighted by atomic mass is 9.49. The number of carbonyl (C=O) groups is 1. The van der Waals surface area contributed by atoms with Crippen molar-refractivity contribution in [1.29, 1.82) is 0 Å². The van der Waals surface area contributed by atoms with Crippen molar-refractivity contribution < 1.29 is 4.79 Å². The van der Waals surface area contributed by atoms with E-state index in [0.717, 1.165) is 12.8 Å². The molecular weight excluding hydrogens is 244 g/mol. The summed E-state index contributed by atoms with van der Waals surface area (Å²) in [6, 6.07) is 0. The van der Waals surface area contributed by atoms with Gasteiger partial charge in [0.25, 0.3) is 0 Å². The lowest BCUT2D eigenvalue weighted by molar-refractivity contribution is -0.154. The minimum Gasteiger partial charge on any atom is -0.298 e. The second-order valence-electron chi connectivity index (χ2n) is 8.82. The highest BCUT2D eigenvalue weighted by Crippen LogP contribution is 2.56. The molecule has 0 bridgehead atoms. The molecule has 0 aromatic rings. The molecule has 20 heavy (non-hydrogen) atoms. The van der Waals surface area contributed by atoms with E-state index in [-0.39, 0.29) is 21.7 Å². The number of hydrogen-bond acceptors (Lipinski definition) is 1. The van der Waals surface area contributed by atoms with E-state index >= 15 is 0 Å². The highest BCUT2D eigenvalue weighted by molar-refractivity contribution is 5.90. The summed E-state index contributed by atoms with van der Waals surface area (Å²) in [6.07, 6.45) is 1.82. The van der Waals surface area contributed by atoms with Crippen LogP contribution < -0.4 is 0 Å². The van der Waals surface area contributed by atoms with Crippen molar-refractivity contribution in [2.24, 2.45) is 27.6 Å². The SMILES string of the molecule is CCC(C)(C(=O)C(C)(CC)C(C)(C)C(C)(C)C)C(C)C. The molecule has 2 atom stereocenters. The number of Topliss-reactive ketones (excluding diaryl/α,β-unsaturated/α-hetero) is 1. The van der Waals surface area contributed by atoms with Gasteiger partial charge in [-0.05, 0) is 29.6 Å². The zero-order chi connectivity index (χ0) is 16.6. The zero-order valence-corrected chi connectivity index (χ0v) is 15.9. The summed E-state index contributed by atoms with van der Waals surface area (Å²) in [5.74, 6) is 0.826. The molecule has 1 heteroatoms. The smallest absolute Gasteiger partial charge is 0.145 e. The van der Waals surface area contributed by atoms with E-state index in [1.54, 1.807) is 0 Å². The molecule has 0 fully saturated rings. The van der Waals surface area contributed by atoms with E-state index in [0.29, 0.717) is 11.7 Å². The number of rotatable bonds is 6. The van der Waals surface area contributed by atoms with Gasteiger partial charge in [0, 0.05) is 10.8 Å². The first-order valence-electron chi connectivity index (χ1n) is 8.27. The Morgan fingerprint density at radius 2 is 1.25 bits per heavy atom. The highest BCUT2D eigenvalue weighted by Gasteiger charge is 2.55. The Balaban J connectivity index is 5.97. The van der Waals surface area contributed by atoms with E-state index in [4.69, 9.17) is 0 Å². The van der Waals surface area contributed by atoms with Crippen molar-refractivity contribution in [1.82, 2.24) is 0 Å². The predicted octanol–water partition coefficient (Wildman–Crippen LogP) is 6.12. The molecule has 0 aromatic heterocycles. The molecule has 0 heterocycles. The van der Waals surface area contributed by atoms with Crippen LogP contribution in [0.5, 0.6) is 0 Å². The fourth-order valence-corrected chi connectivity index (χ4v) is 3.18. The van der Waals surface area contributed by atoms with Crippen LogP contribution >= 0.6 is 0 Å². The summed E-state index contributed by atoms with van der Waals surface area (Å²) in [5, 5.41) is 0. The van der Waals surface area contributed by atoms with Gasteiger partial charge in [0.15, 0.2) is 0 Å². The third-order valence-electron chi connectivity index (χ3n) is 6.99. The summed E-state index contributed by atoms with van der Waals surface area (Å²) in [6.45, 7) is 24.3. The topological polar surface area (TPSA) is 17.1 Å². The van der Waals surface area contributed by atoms with Gasteiger partial charge in [-0.1, -0.05) is 76.2 Å². The summed E-state index contributed by atoms with van der Waals surface area (Å²) in [5.41, 5.74) is -0.468. The Morgan fingerprint density at radius 3 is 1.45 bits per heavy atom. The van der Waals surface area contributed by atoms with Crippen LogP contribution in [0.4, 0.5) is 0 Å². The normalized spacial score (nSPS) is 19.6. The minimum atomic E-state index is -0.291. The molecule has 2 unspecified atom stereocenters. The molecule has 0 rings (SSSR count). The molecule has 120 valence electrons. The van der Waals surface area contributed by atoms with Gasteiger partial charge in [-0.25, -0.2) is 0 Å². The van der Waals surface area contributed by atoms with Crippen LogP contribution in [-0.4, -0.2) is 5.78 Å². The monoisotopic (exact) mass is 282 g/mol. The molecule has 0 aliphatic heterocycles. The first kappa shape index (κ1) is 19.7. The maximum Gasteiger partial charge on any atom is 0.145 e. The number of ketones is 1. The van der Waals surface area contributed by atoms with E-state index in [1.807, 2.05) is 0 Å². The van der Waals surface area contributed by atoms with Crippen LogP contribution in [0, 0.1) is 27.6 Å². The van der Waals surface area contributed by atoms with Gasteiger partial charge >= 0.3 is 0 Å². The highest BCUT2D eigenvalue weighted by atomic mass is 16.1. The van der Waals surface area contributed by atoms with Gasteiger partial charge in [0.05, 0.1) is 0 Å². The van der Waals surface area contributed by atoms with Gasteiger partial charge in [0.2, 0.25) is 0 Å². The van der Waals surface area contributed by atoms with Crippen LogP contribution in [0.3, 0.4) is 0 Å². The van der Waals surface area contributed by atoms with Crippen LogP contribution in [0.15, 0.2) is 0 Å². The summed E-state index contributed by atoms with van der Waals surface area (Å²) >= 11 is 0. The molecule has 0 aliphatic carbocycles. The van der Waals surface area contributed by atoms with Crippen molar-refractivity contribution >= 4 is 5.78 Å². The summed E-state index contributed by atoms with van der Waals surface area (Å²) in [4.78, 5) is 13.5. The largest absolute Gasteiger partial charge is 0.298 e. The second-order valence-corrected chi connectivity index (χ2v) is 8.82. The average Bonchev–Trinajstić information content (AvgIpc) is 2.33. The van der Waals surface area contributed by atoms with Crippen molar-refractivity contribution in [3.05, 3.63) is 0 Å². The lowest BCUT2D eigenvalue weighted by Crippen LogP contribution is -2.54. The van der Waals surface area contributed by atoms with Crippen LogP contribution in [0.25, 0.3) is 0 Å².